The third kappa shape index (κ3) is 3.69. The Bertz CT molecular complexity index is 558. The molecule has 0 amide bonds. The van der Waals surface area contributed by atoms with Crippen LogP contribution in [0.15, 0.2) is 17.0 Å². The molecule has 0 heterocycles. The van der Waals surface area contributed by atoms with E-state index in [0.717, 1.165) is 6.07 Å². The van der Waals surface area contributed by atoms with Crippen molar-refractivity contribution in [3.63, 3.8) is 0 Å². The third-order valence-corrected chi connectivity index (χ3v) is 4.98. The zero-order valence-electron chi connectivity index (χ0n) is 11.7. The maximum Gasteiger partial charge on any atom is 0.246 e. The van der Waals surface area contributed by atoms with Crippen LogP contribution in [-0.2, 0) is 16.6 Å². The third-order valence-electron chi connectivity index (χ3n) is 2.86. The van der Waals surface area contributed by atoms with Gasteiger partial charge in [0, 0.05) is 30.2 Å². The van der Waals surface area contributed by atoms with E-state index < -0.39 is 20.7 Å². The lowest BCUT2D eigenvalue weighted by atomic mass is 10.2. The number of nitrogens with zero attached hydrogens (tertiary/aromatic N) is 1. The maximum absolute atomic E-state index is 14.2. The Labute approximate surface area is 124 Å². The molecule has 0 unspecified atom stereocenters. The van der Waals surface area contributed by atoms with E-state index in [1.165, 1.54) is 10.4 Å². The number of benzene rings is 1. The summed E-state index contributed by atoms with van der Waals surface area (Å²) in [6.45, 7) is 4.34. The second-order valence-corrected chi connectivity index (χ2v) is 6.83. The normalized spacial score (nSPS) is 12.1. The lowest BCUT2D eigenvalue weighted by Gasteiger charge is -2.22. The predicted octanol–water partition coefficient (Wildman–Crippen LogP) is 2.75. The highest BCUT2D eigenvalue weighted by molar-refractivity contribution is 7.89. The summed E-state index contributed by atoms with van der Waals surface area (Å²) in [7, 11) is -3.89. The molecule has 4 nitrogen and oxygen atoms in total. The Kier molecular flexibility index (Phi) is 6.39. The molecule has 0 bridgehead atoms. The van der Waals surface area contributed by atoms with Crippen LogP contribution in [0.25, 0.3) is 0 Å². The minimum absolute atomic E-state index is 0.101. The van der Waals surface area contributed by atoms with E-state index in [2.05, 4.69) is 0 Å². The van der Waals surface area contributed by atoms with Crippen LogP contribution >= 0.6 is 11.6 Å². The van der Waals surface area contributed by atoms with Gasteiger partial charge >= 0.3 is 0 Å². The van der Waals surface area contributed by atoms with Crippen LogP contribution in [0.4, 0.5) is 4.39 Å². The van der Waals surface area contributed by atoms with E-state index in [9.17, 15) is 12.8 Å². The first-order valence-corrected chi connectivity index (χ1v) is 8.38. The van der Waals surface area contributed by atoms with Crippen molar-refractivity contribution in [1.82, 2.24) is 4.31 Å². The number of sulfonamides is 1. The van der Waals surface area contributed by atoms with Crippen molar-refractivity contribution in [3.8, 4) is 0 Å². The number of hydrogen-bond donors (Lipinski definition) is 1. The van der Waals surface area contributed by atoms with Crippen LogP contribution < -0.4 is 5.73 Å². The van der Waals surface area contributed by atoms with Crippen molar-refractivity contribution in [3.05, 3.63) is 28.5 Å². The minimum atomic E-state index is -3.89. The highest BCUT2D eigenvalue weighted by Crippen LogP contribution is 2.26. The maximum atomic E-state index is 14.2. The van der Waals surface area contributed by atoms with E-state index in [1.54, 1.807) is 0 Å². The van der Waals surface area contributed by atoms with Gasteiger partial charge in [-0.1, -0.05) is 25.4 Å². The van der Waals surface area contributed by atoms with Gasteiger partial charge < -0.3 is 5.73 Å². The van der Waals surface area contributed by atoms with E-state index in [0.29, 0.717) is 25.9 Å². The van der Waals surface area contributed by atoms with Gasteiger partial charge in [0.25, 0.3) is 0 Å². The fourth-order valence-electron chi connectivity index (χ4n) is 1.94. The molecule has 1 rings (SSSR count). The molecule has 7 heteroatoms. The predicted molar refractivity (Wildman–Crippen MR) is 78.6 cm³/mol. The molecule has 0 atom stereocenters. The molecule has 1 aromatic rings. The molecule has 114 valence electrons. The molecule has 0 aliphatic rings. The number of nitrogens with two attached hydrogens (primary N) is 1. The Morgan fingerprint density at radius 2 is 1.80 bits per heavy atom. The first kappa shape index (κ1) is 17.4. The Hall–Kier alpha value is -0.690. The van der Waals surface area contributed by atoms with Crippen LogP contribution in [0.5, 0.6) is 0 Å². The first-order chi connectivity index (χ1) is 9.38. The zero-order valence-corrected chi connectivity index (χ0v) is 13.3. The number of hydrogen-bond acceptors (Lipinski definition) is 3. The van der Waals surface area contributed by atoms with Gasteiger partial charge in [-0.15, -0.1) is 0 Å². The summed E-state index contributed by atoms with van der Waals surface area (Å²) in [5, 5.41) is 0.165. The van der Waals surface area contributed by atoms with Crippen molar-refractivity contribution in [2.75, 3.05) is 13.1 Å². The minimum Gasteiger partial charge on any atom is -0.326 e. The standard InChI is InChI=1S/C13H20ClFN2O2S/c1-3-5-17(6-4-2)20(18,19)12-8-11(14)7-10(9-16)13(12)15/h7-8H,3-6,9,16H2,1-2H3. The molecule has 0 saturated heterocycles. The van der Waals surface area contributed by atoms with Gasteiger partial charge in [0.15, 0.2) is 0 Å². The summed E-state index contributed by atoms with van der Waals surface area (Å²) in [5.41, 5.74) is 5.52. The fourth-order valence-corrected chi connectivity index (χ4v) is 4.01. The lowest BCUT2D eigenvalue weighted by molar-refractivity contribution is 0.406. The molecule has 0 saturated carbocycles. The lowest BCUT2D eigenvalue weighted by Crippen LogP contribution is -2.33. The molecular formula is C13H20ClFN2O2S. The van der Waals surface area contributed by atoms with Gasteiger partial charge in [-0.2, -0.15) is 4.31 Å². The topological polar surface area (TPSA) is 63.4 Å². The van der Waals surface area contributed by atoms with Crippen LogP contribution in [0, 0.1) is 5.82 Å². The molecule has 0 aliphatic heterocycles. The van der Waals surface area contributed by atoms with E-state index in [4.69, 9.17) is 17.3 Å². The average molecular weight is 323 g/mol. The van der Waals surface area contributed by atoms with E-state index in [1.807, 2.05) is 13.8 Å². The Balaban J connectivity index is 3.36. The van der Waals surface area contributed by atoms with Gasteiger partial charge in [-0.3, -0.25) is 0 Å². The van der Waals surface area contributed by atoms with Gasteiger partial charge in [-0.25, -0.2) is 12.8 Å². The van der Waals surface area contributed by atoms with Crippen molar-refractivity contribution < 1.29 is 12.8 Å². The van der Waals surface area contributed by atoms with Crippen molar-refractivity contribution >= 4 is 21.6 Å². The SMILES string of the molecule is CCCN(CCC)S(=O)(=O)c1cc(Cl)cc(CN)c1F. The largest absolute Gasteiger partial charge is 0.326 e. The van der Waals surface area contributed by atoms with Crippen LogP contribution in [0.3, 0.4) is 0 Å². The fraction of sp³-hybridized carbons (Fsp3) is 0.538. The summed E-state index contributed by atoms with van der Waals surface area (Å²) in [4.78, 5) is -0.396. The molecule has 0 fully saturated rings. The quantitative estimate of drug-likeness (QED) is 0.839. The van der Waals surface area contributed by atoms with Gasteiger partial charge in [0.05, 0.1) is 0 Å². The van der Waals surface area contributed by atoms with Crippen LogP contribution in [-0.4, -0.2) is 25.8 Å². The summed E-state index contributed by atoms with van der Waals surface area (Å²) >= 11 is 5.86. The second-order valence-electron chi connectivity index (χ2n) is 4.49. The average Bonchev–Trinajstić information content (AvgIpc) is 2.40. The van der Waals surface area contributed by atoms with E-state index in [-0.39, 0.29) is 17.1 Å². The molecule has 0 aromatic heterocycles. The zero-order chi connectivity index (χ0) is 15.3. The number of rotatable bonds is 7. The summed E-state index contributed by atoms with van der Waals surface area (Å²) in [6.07, 6.45) is 1.32. The molecule has 2 N–H and O–H groups in total. The molecule has 0 spiro atoms. The molecule has 0 aliphatic carbocycles. The van der Waals surface area contributed by atoms with Crippen molar-refractivity contribution in [1.29, 1.82) is 0 Å². The second kappa shape index (κ2) is 7.36. The summed E-state index contributed by atoms with van der Waals surface area (Å²) < 4.78 is 40.6. The monoisotopic (exact) mass is 322 g/mol. The smallest absolute Gasteiger partial charge is 0.246 e. The van der Waals surface area contributed by atoms with Gasteiger partial charge in [-0.05, 0) is 25.0 Å². The van der Waals surface area contributed by atoms with Gasteiger partial charge in [0.2, 0.25) is 10.0 Å². The van der Waals surface area contributed by atoms with E-state index >= 15 is 0 Å². The summed E-state index contributed by atoms with van der Waals surface area (Å²) in [5.74, 6) is -0.811. The molecule has 1 aromatic carbocycles. The molecule has 20 heavy (non-hydrogen) atoms. The van der Waals surface area contributed by atoms with Crippen molar-refractivity contribution in [2.45, 2.75) is 38.1 Å². The Morgan fingerprint density at radius 3 is 2.25 bits per heavy atom. The summed E-state index contributed by atoms with van der Waals surface area (Å²) in [6, 6.07) is 2.49. The van der Waals surface area contributed by atoms with Gasteiger partial charge in [0.1, 0.15) is 10.7 Å². The highest BCUT2D eigenvalue weighted by Gasteiger charge is 2.28. The van der Waals surface area contributed by atoms with Crippen LogP contribution in [0.1, 0.15) is 32.3 Å². The first-order valence-electron chi connectivity index (χ1n) is 6.56. The molecular weight excluding hydrogens is 303 g/mol. The highest BCUT2D eigenvalue weighted by atomic mass is 35.5. The molecule has 0 radical (unpaired) electrons. The van der Waals surface area contributed by atoms with Crippen molar-refractivity contribution in [2.24, 2.45) is 5.73 Å². The van der Waals surface area contributed by atoms with Crippen LogP contribution in [0.2, 0.25) is 5.02 Å². The number of halogens is 2. The Morgan fingerprint density at radius 1 is 1.25 bits per heavy atom.